The zero-order valence-corrected chi connectivity index (χ0v) is 22.5. The van der Waals surface area contributed by atoms with E-state index in [-0.39, 0.29) is 28.4 Å². The molecule has 0 saturated carbocycles. The Hall–Kier alpha value is -4.06. The molecule has 1 saturated heterocycles. The van der Waals surface area contributed by atoms with E-state index < -0.39 is 44.4 Å². The molecule has 40 heavy (non-hydrogen) atoms. The Labute approximate surface area is 232 Å². The Balaban J connectivity index is 1.41. The monoisotopic (exact) mass is 590 g/mol. The van der Waals surface area contributed by atoms with Crippen LogP contribution in [0.15, 0.2) is 41.7 Å². The minimum atomic E-state index is -4.44. The molecule has 3 aromatic heterocycles. The largest absolute Gasteiger partial charge is 0.486 e. The number of nitriles is 1. The van der Waals surface area contributed by atoms with E-state index in [0.29, 0.717) is 17.6 Å². The number of benzene rings is 1. The summed E-state index contributed by atoms with van der Waals surface area (Å²) in [6, 6.07) is 4.91. The SMILES string of the molecule is COc1ncc(Cl)cc1S(=O)(=O)Nc1ccc(F)c(COc2cnc3c(cnn3C3CCCCO3)c2C#N)c1F. The van der Waals surface area contributed by atoms with Crippen molar-refractivity contribution in [1.82, 2.24) is 19.7 Å². The fourth-order valence-corrected chi connectivity index (χ4v) is 5.67. The van der Waals surface area contributed by atoms with E-state index in [2.05, 4.69) is 19.8 Å². The second-order valence-corrected chi connectivity index (χ2v) is 10.8. The Kier molecular flexibility index (Phi) is 7.70. The summed E-state index contributed by atoms with van der Waals surface area (Å²) in [5.74, 6) is -2.50. The quantitative estimate of drug-likeness (QED) is 0.308. The van der Waals surface area contributed by atoms with Gasteiger partial charge in [0.2, 0.25) is 5.88 Å². The van der Waals surface area contributed by atoms with E-state index in [4.69, 9.17) is 25.8 Å². The predicted octanol–water partition coefficient (Wildman–Crippen LogP) is 4.72. The van der Waals surface area contributed by atoms with Gasteiger partial charge in [-0.2, -0.15) is 10.4 Å². The lowest BCUT2D eigenvalue weighted by Crippen LogP contribution is -2.19. The Bertz CT molecular complexity index is 1740. The summed E-state index contributed by atoms with van der Waals surface area (Å²) in [7, 11) is -3.23. The molecular weight excluding hydrogens is 570 g/mol. The third-order valence-electron chi connectivity index (χ3n) is 6.20. The molecule has 1 unspecified atom stereocenters. The van der Waals surface area contributed by atoms with E-state index in [1.54, 1.807) is 4.68 Å². The number of sulfonamides is 1. The molecule has 4 aromatic rings. The molecule has 0 spiro atoms. The topological polar surface area (TPSA) is 141 Å². The maximum Gasteiger partial charge on any atom is 0.267 e. The number of pyridine rings is 2. The summed E-state index contributed by atoms with van der Waals surface area (Å²) in [5, 5.41) is 14.5. The molecule has 1 aliphatic heterocycles. The summed E-state index contributed by atoms with van der Waals surface area (Å²) in [4.78, 5) is 7.69. The van der Waals surface area contributed by atoms with E-state index >= 15 is 4.39 Å². The lowest BCUT2D eigenvalue weighted by molar-refractivity contribution is -0.0370. The molecule has 5 rings (SSSR count). The van der Waals surface area contributed by atoms with E-state index in [1.165, 1.54) is 25.7 Å². The zero-order chi connectivity index (χ0) is 28.4. The van der Waals surface area contributed by atoms with Crippen LogP contribution in [0.3, 0.4) is 0 Å². The first-order chi connectivity index (χ1) is 19.2. The van der Waals surface area contributed by atoms with Gasteiger partial charge in [-0.15, -0.1) is 0 Å². The van der Waals surface area contributed by atoms with E-state index in [9.17, 15) is 18.1 Å². The first-order valence-electron chi connectivity index (χ1n) is 11.9. The van der Waals surface area contributed by atoms with Crippen molar-refractivity contribution >= 4 is 38.3 Å². The van der Waals surface area contributed by atoms with Gasteiger partial charge in [-0.05, 0) is 37.5 Å². The number of hydrogen-bond acceptors (Lipinski definition) is 9. The molecule has 1 N–H and O–H groups in total. The van der Waals surface area contributed by atoms with E-state index in [1.807, 2.05) is 6.07 Å². The van der Waals surface area contributed by atoms with Crippen LogP contribution in [0.25, 0.3) is 11.0 Å². The second-order valence-electron chi connectivity index (χ2n) is 8.70. The van der Waals surface area contributed by atoms with Gasteiger partial charge in [0, 0.05) is 12.8 Å². The van der Waals surface area contributed by atoms with Gasteiger partial charge in [0.05, 0.1) is 41.2 Å². The number of nitrogens with zero attached hydrogens (tertiary/aromatic N) is 5. The molecule has 1 fully saturated rings. The van der Waals surface area contributed by atoms with Gasteiger partial charge in [-0.25, -0.2) is 31.8 Å². The summed E-state index contributed by atoms with van der Waals surface area (Å²) in [6.07, 6.45) is 6.26. The highest BCUT2D eigenvalue weighted by Crippen LogP contribution is 2.32. The molecule has 0 aliphatic carbocycles. The predicted molar refractivity (Wildman–Crippen MR) is 138 cm³/mol. The third-order valence-corrected chi connectivity index (χ3v) is 7.77. The van der Waals surface area contributed by atoms with Gasteiger partial charge in [0.15, 0.2) is 28.3 Å². The fraction of sp³-hybridized carbons (Fsp3) is 0.280. The van der Waals surface area contributed by atoms with Crippen molar-refractivity contribution in [2.24, 2.45) is 0 Å². The van der Waals surface area contributed by atoms with Crippen LogP contribution in [0.5, 0.6) is 11.6 Å². The second kappa shape index (κ2) is 11.2. The third kappa shape index (κ3) is 5.23. The molecule has 15 heteroatoms. The lowest BCUT2D eigenvalue weighted by atomic mass is 10.1. The van der Waals surface area contributed by atoms with Gasteiger partial charge in [-0.1, -0.05) is 11.6 Å². The number of ether oxygens (including phenoxy) is 3. The van der Waals surface area contributed by atoms with Gasteiger partial charge < -0.3 is 14.2 Å². The highest BCUT2D eigenvalue weighted by Gasteiger charge is 2.26. The Morgan fingerprint density at radius 1 is 1.25 bits per heavy atom. The number of halogens is 3. The number of aromatic nitrogens is 4. The van der Waals surface area contributed by atoms with E-state index in [0.717, 1.165) is 37.5 Å². The number of hydrogen-bond donors (Lipinski definition) is 1. The number of fused-ring (bicyclic) bond motifs is 1. The maximum absolute atomic E-state index is 15.4. The average molecular weight is 591 g/mol. The highest BCUT2D eigenvalue weighted by atomic mass is 35.5. The Morgan fingerprint density at radius 2 is 2.08 bits per heavy atom. The molecular formula is C25H21ClF2N6O5S. The first-order valence-corrected chi connectivity index (χ1v) is 13.8. The maximum atomic E-state index is 15.4. The van der Waals surface area contributed by atoms with Gasteiger partial charge in [0.1, 0.15) is 24.1 Å². The molecule has 4 heterocycles. The van der Waals surface area contributed by atoms with Crippen LogP contribution in [0, 0.1) is 23.0 Å². The molecule has 1 atom stereocenters. The average Bonchev–Trinajstić information content (AvgIpc) is 3.39. The van der Waals surface area contributed by atoms with Crippen LogP contribution in [0.1, 0.15) is 36.6 Å². The smallest absolute Gasteiger partial charge is 0.267 e. The highest BCUT2D eigenvalue weighted by molar-refractivity contribution is 7.92. The summed E-state index contributed by atoms with van der Waals surface area (Å²) in [6.45, 7) is -0.0782. The van der Waals surface area contributed by atoms with Crippen molar-refractivity contribution in [2.45, 2.75) is 37.0 Å². The molecule has 11 nitrogen and oxygen atoms in total. The van der Waals surface area contributed by atoms with Crippen molar-refractivity contribution in [3.63, 3.8) is 0 Å². The van der Waals surface area contributed by atoms with Crippen molar-refractivity contribution in [3.05, 3.63) is 64.6 Å². The van der Waals surface area contributed by atoms with Crippen LogP contribution in [0.4, 0.5) is 14.5 Å². The van der Waals surface area contributed by atoms with Crippen LogP contribution >= 0.6 is 11.6 Å². The Morgan fingerprint density at radius 3 is 2.80 bits per heavy atom. The van der Waals surface area contributed by atoms with Crippen LogP contribution in [-0.4, -0.2) is 41.9 Å². The van der Waals surface area contributed by atoms with Crippen LogP contribution in [0.2, 0.25) is 5.02 Å². The van der Waals surface area contributed by atoms with Crippen molar-refractivity contribution in [1.29, 1.82) is 5.26 Å². The van der Waals surface area contributed by atoms with Crippen LogP contribution < -0.4 is 14.2 Å². The van der Waals surface area contributed by atoms with Crippen molar-refractivity contribution < 1.29 is 31.4 Å². The lowest BCUT2D eigenvalue weighted by Gasteiger charge is -2.23. The van der Waals surface area contributed by atoms with Crippen molar-refractivity contribution in [3.8, 4) is 17.7 Å². The zero-order valence-electron chi connectivity index (χ0n) is 20.9. The minimum Gasteiger partial charge on any atom is -0.486 e. The molecule has 0 amide bonds. The molecule has 1 aliphatic rings. The number of methoxy groups -OCH3 is 1. The first kappa shape index (κ1) is 27.5. The molecule has 208 valence electrons. The number of rotatable bonds is 8. The molecule has 0 radical (unpaired) electrons. The number of nitrogens with one attached hydrogen (secondary N) is 1. The summed E-state index contributed by atoms with van der Waals surface area (Å²) >= 11 is 5.87. The normalized spacial score (nSPS) is 15.5. The van der Waals surface area contributed by atoms with Gasteiger partial charge >= 0.3 is 0 Å². The van der Waals surface area contributed by atoms with Gasteiger partial charge in [0.25, 0.3) is 10.0 Å². The summed E-state index contributed by atoms with van der Waals surface area (Å²) in [5.41, 5.74) is -0.641. The van der Waals surface area contributed by atoms with Crippen LogP contribution in [-0.2, 0) is 21.4 Å². The van der Waals surface area contributed by atoms with Crippen molar-refractivity contribution in [2.75, 3.05) is 18.4 Å². The van der Waals surface area contributed by atoms with Gasteiger partial charge in [-0.3, -0.25) is 4.72 Å². The number of anilines is 1. The molecule has 1 aromatic carbocycles. The summed E-state index contributed by atoms with van der Waals surface area (Å²) < 4.78 is 75.9. The molecule has 0 bridgehead atoms. The minimum absolute atomic E-state index is 0.00512. The fourth-order valence-electron chi connectivity index (χ4n) is 4.24. The standard InChI is InChI=1S/C25H21ClF2N6O5S/c1-37-25-21(8-14(26)10-31-25)40(35,36)33-19-6-5-18(27)17(23(19)28)13-39-20-12-30-24-16(15(20)9-29)11-32-34(24)22-4-2-3-7-38-22/h5-6,8,10-12,22,33H,2-4,7,13H2,1H3.